The number of benzene rings is 2. The molecule has 0 amide bonds. The number of rotatable bonds is 7. The Kier molecular flexibility index (Phi) is 10.3. The lowest BCUT2D eigenvalue weighted by atomic mass is 10.0. The molecular weight excluding hydrogens is 499 g/mol. The van der Waals surface area contributed by atoms with Gasteiger partial charge in [-0.1, -0.05) is 56.1 Å². The SMILES string of the molecule is C1CCC1.C=C(N)c1cc2c(Oc3cc(Cl)c(NC=S)cc3F)ccnc2cc1OC.CNC1CC1. The van der Waals surface area contributed by atoms with Gasteiger partial charge in [0.25, 0.3) is 0 Å². The number of nitrogens with zero attached hydrogens (tertiary/aromatic N) is 1. The van der Waals surface area contributed by atoms with E-state index in [1.54, 1.807) is 24.4 Å². The summed E-state index contributed by atoms with van der Waals surface area (Å²) in [6.45, 7) is 3.75. The lowest BCUT2D eigenvalue weighted by Gasteiger charge is -2.14. The maximum atomic E-state index is 14.4. The van der Waals surface area contributed by atoms with Gasteiger partial charge in [-0.3, -0.25) is 4.98 Å². The van der Waals surface area contributed by atoms with Crippen LogP contribution in [0.1, 0.15) is 44.1 Å². The number of aromatic nitrogens is 1. The van der Waals surface area contributed by atoms with Crippen LogP contribution in [0.4, 0.5) is 10.1 Å². The second-order valence-corrected chi connectivity index (χ2v) is 9.15. The van der Waals surface area contributed by atoms with Gasteiger partial charge >= 0.3 is 0 Å². The smallest absolute Gasteiger partial charge is 0.167 e. The van der Waals surface area contributed by atoms with E-state index >= 15 is 0 Å². The summed E-state index contributed by atoms with van der Waals surface area (Å²) in [6, 6.07) is 8.53. The van der Waals surface area contributed by atoms with Crippen molar-refractivity contribution in [2.75, 3.05) is 19.5 Å². The lowest BCUT2D eigenvalue weighted by Crippen LogP contribution is -2.06. The Labute approximate surface area is 222 Å². The zero-order valence-electron chi connectivity index (χ0n) is 20.6. The molecule has 0 bridgehead atoms. The zero-order valence-corrected chi connectivity index (χ0v) is 22.1. The molecule has 3 aromatic rings. The van der Waals surface area contributed by atoms with Crippen LogP contribution in [-0.2, 0) is 0 Å². The summed E-state index contributed by atoms with van der Waals surface area (Å²) in [6.07, 6.45) is 10.3. The van der Waals surface area contributed by atoms with E-state index in [1.807, 2.05) is 7.05 Å². The molecule has 192 valence electrons. The lowest BCUT2D eigenvalue weighted by molar-refractivity contribution is 0.414. The second-order valence-electron chi connectivity index (χ2n) is 8.51. The molecule has 9 heteroatoms. The summed E-state index contributed by atoms with van der Waals surface area (Å²) in [4.78, 5) is 4.29. The van der Waals surface area contributed by atoms with E-state index in [4.69, 9.17) is 39.0 Å². The minimum Gasteiger partial charge on any atom is -0.496 e. The number of nitrogens with two attached hydrogens (primary N) is 1. The standard InChI is InChI=1S/C19H15ClFN3O2S.C4H9N.C4H8/c1-10(22)11-5-12-15(8-18(11)25-2)23-4-3-17(12)26-19-6-13(20)16(24-9-27)7-14(19)21;1-5-4-2-3-4;1-2-4-3-1/h3-9H,1,22H2,2H3,(H,24,27);4-5H,2-3H2,1H3;1-4H2. The summed E-state index contributed by atoms with van der Waals surface area (Å²) in [5, 5.41) is 6.71. The molecule has 6 nitrogen and oxygen atoms in total. The highest BCUT2D eigenvalue weighted by Gasteiger charge is 2.17. The molecule has 2 saturated carbocycles. The monoisotopic (exact) mass is 530 g/mol. The van der Waals surface area contributed by atoms with Gasteiger partial charge in [-0.25, -0.2) is 4.39 Å². The molecule has 0 radical (unpaired) electrons. The van der Waals surface area contributed by atoms with Crippen LogP contribution in [-0.4, -0.2) is 30.7 Å². The molecule has 2 aromatic carbocycles. The summed E-state index contributed by atoms with van der Waals surface area (Å²) in [5.41, 5.74) is 8.96. The zero-order chi connectivity index (χ0) is 26.1. The van der Waals surface area contributed by atoms with Crippen LogP contribution < -0.4 is 25.8 Å². The average molecular weight is 531 g/mol. The van der Waals surface area contributed by atoms with E-state index in [1.165, 1.54) is 63.3 Å². The Morgan fingerprint density at radius 1 is 1.17 bits per heavy atom. The van der Waals surface area contributed by atoms with Crippen molar-refractivity contribution in [1.29, 1.82) is 0 Å². The van der Waals surface area contributed by atoms with Gasteiger partial charge in [-0.2, -0.15) is 0 Å². The fourth-order valence-electron chi connectivity index (χ4n) is 3.18. The average Bonchev–Trinajstić information content (AvgIpc) is 3.66. The Morgan fingerprint density at radius 3 is 2.36 bits per heavy atom. The number of pyridine rings is 1. The molecule has 0 spiro atoms. The highest BCUT2D eigenvalue weighted by atomic mass is 35.5. The quantitative estimate of drug-likeness (QED) is 0.282. The highest BCUT2D eigenvalue weighted by molar-refractivity contribution is 7.79. The number of nitrogens with one attached hydrogen (secondary N) is 2. The number of thiocarbonyl (C=S) groups is 1. The second kappa shape index (κ2) is 13.4. The maximum absolute atomic E-state index is 14.4. The third-order valence-corrected chi connectivity index (χ3v) is 6.24. The third kappa shape index (κ3) is 7.53. The van der Waals surface area contributed by atoms with E-state index in [9.17, 15) is 4.39 Å². The van der Waals surface area contributed by atoms with Gasteiger partial charge in [0.05, 0.1) is 28.8 Å². The Hall–Kier alpha value is -2.94. The Morgan fingerprint density at radius 2 is 1.86 bits per heavy atom. The molecule has 2 aliphatic carbocycles. The van der Waals surface area contributed by atoms with Crippen molar-refractivity contribution in [1.82, 2.24) is 10.3 Å². The molecule has 0 unspecified atom stereocenters. The van der Waals surface area contributed by atoms with E-state index in [2.05, 4.69) is 22.2 Å². The number of hydrogen-bond donors (Lipinski definition) is 3. The molecular formula is C27H32ClFN4O2S. The molecule has 2 fully saturated rings. The predicted octanol–water partition coefficient (Wildman–Crippen LogP) is 7.06. The van der Waals surface area contributed by atoms with E-state index in [0.717, 1.165) is 6.04 Å². The molecule has 2 aliphatic rings. The molecule has 0 aliphatic heterocycles. The van der Waals surface area contributed by atoms with Crippen molar-refractivity contribution in [3.63, 3.8) is 0 Å². The van der Waals surface area contributed by atoms with Gasteiger partial charge in [0.2, 0.25) is 0 Å². The summed E-state index contributed by atoms with van der Waals surface area (Å²) in [5.74, 6) is 0.284. The molecule has 4 N–H and O–H groups in total. The highest BCUT2D eigenvalue weighted by Crippen LogP contribution is 2.37. The number of methoxy groups -OCH3 is 1. The number of anilines is 1. The number of halogens is 2. The first kappa shape index (κ1) is 27.6. The fourth-order valence-corrected chi connectivity index (χ4v) is 3.51. The normalized spacial score (nSPS) is 13.8. The third-order valence-electron chi connectivity index (χ3n) is 5.81. The van der Waals surface area contributed by atoms with E-state index < -0.39 is 5.82 Å². The minimum atomic E-state index is -0.597. The number of hydrogen-bond acceptors (Lipinski definition) is 6. The van der Waals surface area contributed by atoms with Gasteiger partial charge in [-0.05, 0) is 32.0 Å². The topological polar surface area (TPSA) is 81.4 Å². The van der Waals surface area contributed by atoms with Gasteiger partial charge in [0.15, 0.2) is 11.6 Å². The van der Waals surface area contributed by atoms with Gasteiger partial charge in [0.1, 0.15) is 11.5 Å². The van der Waals surface area contributed by atoms with Crippen LogP contribution in [0.3, 0.4) is 0 Å². The van der Waals surface area contributed by atoms with E-state index in [-0.39, 0.29) is 10.8 Å². The van der Waals surface area contributed by atoms with Crippen molar-refractivity contribution in [3.8, 4) is 17.2 Å². The molecule has 0 saturated heterocycles. The first-order valence-electron chi connectivity index (χ1n) is 11.8. The van der Waals surface area contributed by atoms with Crippen LogP contribution in [0.25, 0.3) is 16.6 Å². The molecule has 1 aromatic heterocycles. The molecule has 36 heavy (non-hydrogen) atoms. The maximum Gasteiger partial charge on any atom is 0.167 e. The fraction of sp³-hybridized carbons (Fsp3) is 0.333. The van der Waals surface area contributed by atoms with Crippen LogP contribution in [0.2, 0.25) is 5.02 Å². The first-order chi connectivity index (χ1) is 17.4. The summed E-state index contributed by atoms with van der Waals surface area (Å²) < 4.78 is 25.5. The number of fused-ring (bicyclic) bond motifs is 1. The predicted molar refractivity (Wildman–Crippen MR) is 151 cm³/mol. The number of ether oxygens (including phenoxy) is 2. The van der Waals surface area contributed by atoms with E-state index in [0.29, 0.717) is 39.3 Å². The van der Waals surface area contributed by atoms with Crippen LogP contribution in [0, 0.1) is 5.82 Å². The summed E-state index contributed by atoms with van der Waals surface area (Å²) in [7, 11) is 3.54. The van der Waals surface area contributed by atoms with Crippen LogP contribution in [0.15, 0.2) is 43.1 Å². The minimum absolute atomic E-state index is 0.0358. The molecule has 5 rings (SSSR count). The van der Waals surface area contributed by atoms with Crippen LogP contribution in [0.5, 0.6) is 17.2 Å². The van der Waals surface area contributed by atoms with Crippen molar-refractivity contribution >= 4 is 51.6 Å². The van der Waals surface area contributed by atoms with Crippen molar-refractivity contribution < 1.29 is 13.9 Å². The molecule has 0 atom stereocenters. The molecule has 1 heterocycles. The van der Waals surface area contributed by atoms with Gasteiger partial charge in [0, 0.05) is 47.1 Å². The van der Waals surface area contributed by atoms with Gasteiger partial charge < -0.3 is 25.8 Å². The Bertz CT molecular complexity index is 1210. The largest absolute Gasteiger partial charge is 0.496 e. The first-order valence-corrected chi connectivity index (χ1v) is 12.7. The Balaban J connectivity index is 0.000000333. The van der Waals surface area contributed by atoms with Gasteiger partial charge in [-0.15, -0.1) is 0 Å². The van der Waals surface area contributed by atoms with Crippen molar-refractivity contribution in [2.24, 2.45) is 5.73 Å². The van der Waals surface area contributed by atoms with Crippen molar-refractivity contribution in [3.05, 3.63) is 59.5 Å². The van der Waals surface area contributed by atoms with Crippen LogP contribution >= 0.6 is 23.8 Å². The summed E-state index contributed by atoms with van der Waals surface area (Å²) >= 11 is 10.8. The van der Waals surface area contributed by atoms with Crippen molar-refractivity contribution in [2.45, 2.75) is 44.6 Å².